The predicted octanol–water partition coefficient (Wildman–Crippen LogP) is 4.26. The minimum atomic E-state index is -0.155. The van der Waals surface area contributed by atoms with Gasteiger partial charge in [0.15, 0.2) is 5.16 Å². The summed E-state index contributed by atoms with van der Waals surface area (Å²) in [5.41, 5.74) is 1.83. The number of fused-ring (bicyclic) bond motifs is 3. The normalized spacial score (nSPS) is 12.7. The molecule has 0 aliphatic heterocycles. The third kappa shape index (κ3) is 4.15. The summed E-state index contributed by atoms with van der Waals surface area (Å²) in [5, 5.41) is 4.17. The summed E-state index contributed by atoms with van der Waals surface area (Å²) < 4.78 is 7.03. The SMILES string of the molecule is C=CCn1c(SCC(=O)Nc2ccc(OCC)cc2)nc2sc3c(c2c1=O)CCC3. The van der Waals surface area contributed by atoms with Gasteiger partial charge in [0.2, 0.25) is 5.91 Å². The molecule has 2 heterocycles. The van der Waals surface area contributed by atoms with E-state index in [0.717, 1.165) is 40.8 Å². The topological polar surface area (TPSA) is 73.2 Å². The molecule has 1 N–H and O–H groups in total. The zero-order chi connectivity index (χ0) is 21.1. The summed E-state index contributed by atoms with van der Waals surface area (Å²) in [6, 6.07) is 7.25. The summed E-state index contributed by atoms with van der Waals surface area (Å²) in [5.74, 6) is 0.768. The van der Waals surface area contributed by atoms with Crippen LogP contribution in [0.3, 0.4) is 0 Å². The molecule has 0 unspecified atom stereocenters. The number of rotatable bonds is 8. The summed E-state index contributed by atoms with van der Waals surface area (Å²) in [4.78, 5) is 32.3. The zero-order valence-electron chi connectivity index (χ0n) is 16.8. The van der Waals surface area contributed by atoms with Gasteiger partial charge < -0.3 is 10.1 Å². The Hall–Kier alpha value is -2.58. The highest BCUT2D eigenvalue weighted by Gasteiger charge is 2.23. The van der Waals surface area contributed by atoms with E-state index in [-0.39, 0.29) is 17.2 Å². The van der Waals surface area contributed by atoms with Gasteiger partial charge in [0.1, 0.15) is 10.6 Å². The number of nitrogens with one attached hydrogen (secondary N) is 1. The summed E-state index contributed by atoms with van der Waals surface area (Å²) in [7, 11) is 0. The van der Waals surface area contributed by atoms with Crippen molar-refractivity contribution in [3.63, 3.8) is 0 Å². The molecule has 4 rings (SSSR count). The van der Waals surface area contributed by atoms with E-state index in [1.807, 2.05) is 19.1 Å². The largest absolute Gasteiger partial charge is 0.494 e. The van der Waals surface area contributed by atoms with Gasteiger partial charge in [-0.1, -0.05) is 17.8 Å². The second kappa shape index (κ2) is 9.06. The summed E-state index contributed by atoms with van der Waals surface area (Å²) >= 11 is 2.88. The third-order valence-corrected chi connectivity index (χ3v) is 7.05. The van der Waals surface area contributed by atoms with Gasteiger partial charge in [-0.15, -0.1) is 17.9 Å². The van der Waals surface area contributed by atoms with Gasteiger partial charge in [-0.3, -0.25) is 14.2 Å². The lowest BCUT2D eigenvalue weighted by atomic mass is 10.2. The van der Waals surface area contributed by atoms with Crippen LogP contribution in [0, 0.1) is 0 Å². The average Bonchev–Trinajstić information content (AvgIpc) is 3.31. The van der Waals surface area contributed by atoms with Crippen molar-refractivity contribution in [1.82, 2.24) is 9.55 Å². The molecule has 0 saturated carbocycles. The van der Waals surface area contributed by atoms with Gasteiger partial charge in [0.25, 0.3) is 5.56 Å². The van der Waals surface area contributed by atoms with Crippen molar-refractivity contribution in [3.8, 4) is 5.75 Å². The maximum Gasteiger partial charge on any atom is 0.263 e. The minimum Gasteiger partial charge on any atom is -0.494 e. The Balaban J connectivity index is 1.51. The highest BCUT2D eigenvalue weighted by molar-refractivity contribution is 7.99. The fraction of sp³-hybridized carbons (Fsp3) is 0.318. The van der Waals surface area contributed by atoms with E-state index in [1.54, 1.807) is 34.1 Å². The first-order chi connectivity index (χ1) is 14.6. The summed E-state index contributed by atoms with van der Waals surface area (Å²) in [6.45, 7) is 6.66. The number of anilines is 1. The zero-order valence-corrected chi connectivity index (χ0v) is 18.4. The number of nitrogens with zero attached hydrogens (tertiary/aromatic N) is 2. The molecule has 0 spiro atoms. The van der Waals surface area contributed by atoms with Crippen molar-refractivity contribution in [2.75, 3.05) is 17.7 Å². The van der Waals surface area contributed by atoms with E-state index >= 15 is 0 Å². The van der Waals surface area contributed by atoms with Gasteiger partial charge >= 0.3 is 0 Å². The van der Waals surface area contributed by atoms with Crippen LogP contribution < -0.4 is 15.6 Å². The minimum absolute atomic E-state index is 0.0336. The molecule has 2 aromatic heterocycles. The number of allylic oxidation sites excluding steroid dienone is 1. The van der Waals surface area contributed by atoms with Crippen LogP contribution >= 0.6 is 23.1 Å². The number of thiophene rings is 1. The Labute approximate surface area is 183 Å². The molecule has 0 bridgehead atoms. The predicted molar refractivity (Wildman–Crippen MR) is 123 cm³/mol. The number of hydrogen-bond donors (Lipinski definition) is 1. The molecule has 8 heteroatoms. The highest BCUT2D eigenvalue weighted by atomic mass is 32.2. The van der Waals surface area contributed by atoms with E-state index in [0.29, 0.717) is 24.0 Å². The molecular weight excluding hydrogens is 418 g/mol. The van der Waals surface area contributed by atoms with Gasteiger partial charge in [0.05, 0.1) is 17.7 Å². The molecule has 156 valence electrons. The van der Waals surface area contributed by atoms with Crippen molar-refractivity contribution in [1.29, 1.82) is 0 Å². The Morgan fingerprint density at radius 2 is 2.17 bits per heavy atom. The van der Waals surface area contributed by atoms with Crippen LogP contribution in [0.4, 0.5) is 5.69 Å². The van der Waals surface area contributed by atoms with Crippen LogP contribution in [0.2, 0.25) is 0 Å². The van der Waals surface area contributed by atoms with Crippen LogP contribution in [-0.2, 0) is 24.2 Å². The number of carbonyl (C=O) groups is 1. The average molecular weight is 442 g/mol. The van der Waals surface area contributed by atoms with E-state index in [9.17, 15) is 9.59 Å². The molecule has 3 aromatic rings. The molecule has 1 aliphatic carbocycles. The quantitative estimate of drug-likeness (QED) is 0.321. The molecule has 1 amide bonds. The van der Waals surface area contributed by atoms with Crippen molar-refractivity contribution < 1.29 is 9.53 Å². The lowest BCUT2D eigenvalue weighted by molar-refractivity contribution is -0.113. The second-order valence-electron chi connectivity index (χ2n) is 6.93. The lowest BCUT2D eigenvalue weighted by Gasteiger charge is -2.11. The first-order valence-electron chi connectivity index (χ1n) is 9.92. The standard InChI is InChI=1S/C22H23N3O3S2/c1-3-12-25-21(27)19-16-6-5-7-17(16)30-20(19)24-22(25)29-13-18(26)23-14-8-10-15(11-9-14)28-4-2/h3,8-11H,1,4-7,12-13H2,2H3,(H,23,26). The second-order valence-corrected chi connectivity index (χ2v) is 8.96. The van der Waals surface area contributed by atoms with Crippen molar-refractivity contribution in [2.24, 2.45) is 0 Å². The number of benzene rings is 1. The van der Waals surface area contributed by atoms with Crippen LogP contribution in [0.25, 0.3) is 10.2 Å². The Kier molecular flexibility index (Phi) is 6.24. The fourth-order valence-corrected chi connectivity index (χ4v) is 5.70. The molecular formula is C22H23N3O3S2. The molecule has 0 fully saturated rings. The van der Waals surface area contributed by atoms with Crippen molar-refractivity contribution in [2.45, 2.75) is 37.9 Å². The van der Waals surface area contributed by atoms with Crippen LogP contribution in [0.5, 0.6) is 5.75 Å². The van der Waals surface area contributed by atoms with Crippen LogP contribution in [0.15, 0.2) is 46.9 Å². The number of hydrogen-bond acceptors (Lipinski definition) is 6. The summed E-state index contributed by atoms with van der Waals surface area (Å²) in [6.07, 6.45) is 4.74. The van der Waals surface area contributed by atoms with Crippen LogP contribution in [0.1, 0.15) is 23.8 Å². The van der Waals surface area contributed by atoms with Gasteiger partial charge in [-0.2, -0.15) is 0 Å². The number of aromatic nitrogens is 2. The van der Waals surface area contributed by atoms with E-state index < -0.39 is 0 Å². The first kappa shape index (κ1) is 20.7. The molecule has 0 atom stereocenters. The highest BCUT2D eigenvalue weighted by Crippen LogP contribution is 2.35. The number of aryl methyl sites for hydroxylation is 2. The monoisotopic (exact) mass is 441 g/mol. The lowest BCUT2D eigenvalue weighted by Crippen LogP contribution is -2.23. The molecule has 6 nitrogen and oxygen atoms in total. The Morgan fingerprint density at radius 3 is 2.90 bits per heavy atom. The molecule has 1 aromatic carbocycles. The Morgan fingerprint density at radius 1 is 1.37 bits per heavy atom. The first-order valence-corrected chi connectivity index (χ1v) is 11.7. The number of thioether (sulfide) groups is 1. The third-order valence-electron chi connectivity index (χ3n) is 4.88. The van der Waals surface area contributed by atoms with Crippen molar-refractivity contribution in [3.05, 3.63) is 57.7 Å². The molecule has 30 heavy (non-hydrogen) atoms. The smallest absolute Gasteiger partial charge is 0.263 e. The van der Waals surface area contributed by atoms with Crippen molar-refractivity contribution >= 4 is 44.9 Å². The number of ether oxygens (including phenoxy) is 1. The molecule has 1 aliphatic rings. The fourth-order valence-electron chi connectivity index (χ4n) is 3.59. The molecule has 0 saturated heterocycles. The molecule has 0 radical (unpaired) electrons. The van der Waals surface area contributed by atoms with E-state index in [2.05, 4.69) is 11.9 Å². The maximum atomic E-state index is 13.1. The number of amides is 1. The van der Waals surface area contributed by atoms with Gasteiger partial charge in [0, 0.05) is 17.1 Å². The maximum absolute atomic E-state index is 13.1. The number of carbonyl (C=O) groups excluding carboxylic acids is 1. The van der Waals surface area contributed by atoms with Crippen LogP contribution in [-0.4, -0.2) is 27.8 Å². The van der Waals surface area contributed by atoms with E-state index in [1.165, 1.54) is 16.6 Å². The Bertz CT molecular complexity index is 1150. The van der Waals surface area contributed by atoms with E-state index in [4.69, 9.17) is 9.72 Å². The van der Waals surface area contributed by atoms with Gasteiger partial charge in [-0.05, 0) is 56.0 Å². The van der Waals surface area contributed by atoms with Gasteiger partial charge in [-0.25, -0.2) is 4.98 Å².